The lowest BCUT2D eigenvalue weighted by molar-refractivity contribution is 0.185. The van der Waals surface area contributed by atoms with Crippen LogP contribution in [0, 0.1) is 23.6 Å². The van der Waals surface area contributed by atoms with Gasteiger partial charge in [0.1, 0.15) is 0 Å². The number of ether oxygens (including phenoxy) is 1. The lowest BCUT2D eigenvalue weighted by Crippen LogP contribution is -2.23. The molecule has 0 amide bonds. The highest BCUT2D eigenvalue weighted by atomic mass is 19.1. The van der Waals surface area contributed by atoms with Crippen LogP contribution in [0.2, 0.25) is 0 Å². The predicted octanol–water partition coefficient (Wildman–Crippen LogP) is 7.49. The summed E-state index contributed by atoms with van der Waals surface area (Å²) in [6, 6.07) is 5.36. The molecule has 2 heteroatoms. The quantitative estimate of drug-likeness (QED) is 0.429. The molecular formula is C25H37FO. The van der Waals surface area contributed by atoms with Crippen LogP contribution in [0.15, 0.2) is 29.8 Å². The summed E-state index contributed by atoms with van der Waals surface area (Å²) in [6.07, 6.45) is 18.5. The number of aryl methyl sites for hydroxylation is 1. The van der Waals surface area contributed by atoms with Crippen molar-refractivity contribution in [2.75, 3.05) is 7.11 Å². The van der Waals surface area contributed by atoms with Crippen LogP contribution < -0.4 is 4.74 Å². The Morgan fingerprint density at radius 2 is 1.85 bits per heavy atom. The summed E-state index contributed by atoms with van der Waals surface area (Å²) < 4.78 is 18.8. The zero-order valence-corrected chi connectivity index (χ0v) is 17.3. The number of methoxy groups -OCH3 is 1. The van der Waals surface area contributed by atoms with Gasteiger partial charge in [-0.1, -0.05) is 56.7 Å². The van der Waals surface area contributed by atoms with E-state index >= 15 is 0 Å². The van der Waals surface area contributed by atoms with Gasteiger partial charge in [0.15, 0.2) is 11.6 Å². The summed E-state index contributed by atoms with van der Waals surface area (Å²) in [7, 11) is 1.51. The predicted molar refractivity (Wildman–Crippen MR) is 112 cm³/mol. The first-order valence-corrected chi connectivity index (χ1v) is 11.2. The fourth-order valence-electron chi connectivity index (χ4n) is 5.18. The van der Waals surface area contributed by atoms with Gasteiger partial charge in [-0.05, 0) is 80.4 Å². The second-order valence-corrected chi connectivity index (χ2v) is 8.79. The van der Waals surface area contributed by atoms with Crippen LogP contribution >= 0.6 is 0 Å². The summed E-state index contributed by atoms with van der Waals surface area (Å²) >= 11 is 0. The Kier molecular flexibility index (Phi) is 7.79. The molecule has 1 saturated carbocycles. The summed E-state index contributed by atoms with van der Waals surface area (Å²) in [6.45, 7) is 2.31. The molecule has 1 aromatic carbocycles. The van der Waals surface area contributed by atoms with Gasteiger partial charge in [-0.25, -0.2) is 4.39 Å². The second kappa shape index (κ2) is 10.3. The van der Waals surface area contributed by atoms with E-state index in [-0.39, 0.29) is 5.82 Å². The van der Waals surface area contributed by atoms with Gasteiger partial charge < -0.3 is 4.74 Å². The molecule has 1 fully saturated rings. The van der Waals surface area contributed by atoms with Crippen LogP contribution in [0.5, 0.6) is 5.75 Å². The Morgan fingerprint density at radius 1 is 1.04 bits per heavy atom. The van der Waals surface area contributed by atoms with Gasteiger partial charge in [-0.15, -0.1) is 0 Å². The van der Waals surface area contributed by atoms with Crippen molar-refractivity contribution in [1.82, 2.24) is 0 Å². The fourth-order valence-corrected chi connectivity index (χ4v) is 5.18. The largest absolute Gasteiger partial charge is 0.494 e. The Bertz CT molecular complexity index is 613. The van der Waals surface area contributed by atoms with E-state index in [1.54, 1.807) is 17.7 Å². The van der Waals surface area contributed by atoms with Crippen LogP contribution in [0.1, 0.15) is 83.1 Å². The summed E-state index contributed by atoms with van der Waals surface area (Å²) in [4.78, 5) is 0. The minimum atomic E-state index is -0.248. The van der Waals surface area contributed by atoms with Crippen molar-refractivity contribution in [2.45, 2.75) is 84.0 Å². The third-order valence-corrected chi connectivity index (χ3v) is 7.02. The number of benzene rings is 1. The van der Waals surface area contributed by atoms with Crippen LogP contribution in [0.4, 0.5) is 4.39 Å². The molecule has 0 spiro atoms. The zero-order valence-electron chi connectivity index (χ0n) is 17.3. The molecule has 1 aromatic rings. The maximum Gasteiger partial charge on any atom is 0.165 e. The van der Waals surface area contributed by atoms with E-state index in [0.717, 1.165) is 36.2 Å². The molecule has 2 aliphatic carbocycles. The number of unbranched alkanes of at least 4 members (excludes halogenated alkanes) is 1. The standard InChI is InChI=1S/C25H37FO/c1-3-4-5-19-8-13-22(14-9-19)23-15-10-20(11-16-23)6-7-21-12-17-25(27-2)24(26)18-21/h10,12,17-19,22-23H,3-9,11,13-16H2,1-2H3/t19-,22-,23?. The Hall–Kier alpha value is -1.31. The molecular weight excluding hydrogens is 335 g/mol. The number of rotatable bonds is 8. The molecule has 0 N–H and O–H groups in total. The van der Waals surface area contributed by atoms with Crippen molar-refractivity contribution < 1.29 is 9.13 Å². The van der Waals surface area contributed by atoms with Crippen LogP contribution in [0.25, 0.3) is 0 Å². The maximum atomic E-state index is 13.8. The minimum Gasteiger partial charge on any atom is -0.494 e. The van der Waals surface area contributed by atoms with Gasteiger partial charge in [0.2, 0.25) is 0 Å². The third kappa shape index (κ3) is 5.83. The number of hydrogen-bond donors (Lipinski definition) is 0. The molecule has 150 valence electrons. The van der Waals surface area contributed by atoms with Crippen LogP contribution in [-0.4, -0.2) is 7.11 Å². The van der Waals surface area contributed by atoms with Gasteiger partial charge in [0.05, 0.1) is 7.11 Å². The molecule has 0 aromatic heterocycles. The van der Waals surface area contributed by atoms with Crippen molar-refractivity contribution in [3.05, 3.63) is 41.2 Å². The molecule has 1 unspecified atom stereocenters. The summed E-state index contributed by atoms with van der Waals surface area (Å²) in [5.74, 6) is 2.99. The van der Waals surface area contributed by atoms with Crippen molar-refractivity contribution in [2.24, 2.45) is 17.8 Å². The van der Waals surface area contributed by atoms with Crippen molar-refractivity contribution in [1.29, 1.82) is 0 Å². The average Bonchev–Trinajstić information content (AvgIpc) is 2.71. The summed E-state index contributed by atoms with van der Waals surface area (Å²) in [5, 5.41) is 0. The van der Waals surface area contributed by atoms with Gasteiger partial charge in [0.25, 0.3) is 0 Å². The van der Waals surface area contributed by atoms with Crippen LogP contribution in [0.3, 0.4) is 0 Å². The number of allylic oxidation sites excluding steroid dienone is 2. The molecule has 0 aliphatic heterocycles. The van der Waals surface area contributed by atoms with E-state index in [0.29, 0.717) is 5.75 Å². The van der Waals surface area contributed by atoms with Crippen LogP contribution in [-0.2, 0) is 6.42 Å². The molecule has 1 atom stereocenters. The van der Waals surface area contributed by atoms with E-state index < -0.39 is 0 Å². The molecule has 0 bridgehead atoms. The Balaban J connectivity index is 1.42. The van der Waals surface area contributed by atoms with Crippen molar-refractivity contribution >= 4 is 0 Å². The zero-order chi connectivity index (χ0) is 19.1. The average molecular weight is 373 g/mol. The van der Waals surface area contributed by atoms with E-state index in [1.165, 1.54) is 71.3 Å². The van der Waals surface area contributed by atoms with Gasteiger partial charge in [-0.3, -0.25) is 0 Å². The summed E-state index contributed by atoms with van der Waals surface area (Å²) in [5.41, 5.74) is 2.65. The van der Waals surface area contributed by atoms with Gasteiger partial charge in [-0.2, -0.15) is 0 Å². The van der Waals surface area contributed by atoms with Crippen molar-refractivity contribution in [3.63, 3.8) is 0 Å². The topological polar surface area (TPSA) is 9.23 Å². The van der Waals surface area contributed by atoms with E-state index in [4.69, 9.17) is 4.74 Å². The maximum absolute atomic E-state index is 13.8. The molecule has 0 radical (unpaired) electrons. The normalized spacial score (nSPS) is 25.9. The Labute approximate surface area is 165 Å². The van der Waals surface area contributed by atoms with Gasteiger partial charge >= 0.3 is 0 Å². The molecule has 0 heterocycles. The first-order chi connectivity index (χ1) is 13.2. The number of halogens is 1. The highest BCUT2D eigenvalue weighted by Crippen LogP contribution is 2.41. The number of hydrogen-bond acceptors (Lipinski definition) is 1. The smallest absolute Gasteiger partial charge is 0.165 e. The molecule has 2 aliphatic rings. The van der Waals surface area contributed by atoms with E-state index in [9.17, 15) is 4.39 Å². The minimum absolute atomic E-state index is 0.248. The molecule has 3 rings (SSSR count). The molecule has 0 saturated heterocycles. The first kappa shape index (κ1) is 20.4. The monoisotopic (exact) mass is 372 g/mol. The third-order valence-electron chi connectivity index (χ3n) is 7.02. The highest BCUT2D eigenvalue weighted by Gasteiger charge is 2.28. The SMILES string of the molecule is CCCC[C@H]1CC[C@H](C2CC=C(CCc3ccc(OC)c(F)c3)CC2)CC1. The highest BCUT2D eigenvalue weighted by molar-refractivity contribution is 5.29. The molecule has 27 heavy (non-hydrogen) atoms. The Morgan fingerprint density at radius 3 is 2.48 bits per heavy atom. The van der Waals surface area contributed by atoms with E-state index in [1.807, 2.05) is 6.07 Å². The lowest BCUT2D eigenvalue weighted by atomic mass is 9.70. The first-order valence-electron chi connectivity index (χ1n) is 11.2. The fraction of sp³-hybridized carbons (Fsp3) is 0.680. The molecule has 1 nitrogen and oxygen atoms in total. The second-order valence-electron chi connectivity index (χ2n) is 8.79. The lowest BCUT2D eigenvalue weighted by Gasteiger charge is -2.35. The van der Waals surface area contributed by atoms with Gasteiger partial charge in [0, 0.05) is 0 Å². The van der Waals surface area contributed by atoms with E-state index in [2.05, 4.69) is 13.0 Å². The van der Waals surface area contributed by atoms with Crippen molar-refractivity contribution in [3.8, 4) is 5.75 Å².